The predicted molar refractivity (Wildman–Crippen MR) is 87.8 cm³/mol. The maximum Gasteiger partial charge on any atom is 0.238 e. The summed E-state index contributed by atoms with van der Waals surface area (Å²) in [4.78, 5) is 14.5. The van der Waals surface area contributed by atoms with Crippen molar-refractivity contribution >= 4 is 11.6 Å². The van der Waals surface area contributed by atoms with E-state index in [0.29, 0.717) is 12.6 Å². The van der Waals surface area contributed by atoms with E-state index in [2.05, 4.69) is 34.6 Å². The molecule has 4 nitrogen and oxygen atoms in total. The van der Waals surface area contributed by atoms with E-state index < -0.39 is 0 Å². The topological polar surface area (TPSA) is 44.4 Å². The van der Waals surface area contributed by atoms with Crippen LogP contribution in [0.15, 0.2) is 12.1 Å². The molecule has 1 fully saturated rings. The van der Waals surface area contributed by atoms with Crippen LogP contribution in [-0.2, 0) is 4.79 Å². The third-order valence-corrected chi connectivity index (χ3v) is 4.30. The van der Waals surface area contributed by atoms with Crippen LogP contribution in [0.5, 0.6) is 0 Å². The molecule has 0 unspecified atom stereocenters. The number of benzene rings is 1. The standard InChI is InChI=1S/C17H27N3O/c1-12-9-13(2)17(14(3)10-12)19-16(21)11-20-7-5-15(18-4)6-8-20/h9-10,15,18H,5-8,11H2,1-4H3,(H,19,21). The molecular formula is C17H27N3O. The molecule has 2 N–H and O–H groups in total. The van der Waals surface area contributed by atoms with Gasteiger partial charge in [-0.1, -0.05) is 17.7 Å². The minimum Gasteiger partial charge on any atom is -0.324 e. The Morgan fingerprint density at radius 1 is 1.19 bits per heavy atom. The van der Waals surface area contributed by atoms with Gasteiger partial charge >= 0.3 is 0 Å². The van der Waals surface area contributed by atoms with Crippen molar-refractivity contribution in [2.45, 2.75) is 39.7 Å². The quantitative estimate of drug-likeness (QED) is 0.893. The molecule has 0 bridgehead atoms. The van der Waals surface area contributed by atoms with E-state index in [0.717, 1.165) is 42.7 Å². The van der Waals surface area contributed by atoms with E-state index in [1.54, 1.807) is 0 Å². The van der Waals surface area contributed by atoms with Gasteiger partial charge in [0, 0.05) is 24.8 Å². The molecule has 0 aliphatic carbocycles. The summed E-state index contributed by atoms with van der Waals surface area (Å²) in [5.41, 5.74) is 4.47. The summed E-state index contributed by atoms with van der Waals surface area (Å²) in [6, 6.07) is 4.83. The van der Waals surface area contributed by atoms with Crippen LogP contribution in [0.3, 0.4) is 0 Å². The van der Waals surface area contributed by atoms with Crippen LogP contribution in [0, 0.1) is 20.8 Å². The lowest BCUT2D eigenvalue weighted by atomic mass is 10.0. The minimum atomic E-state index is 0.0907. The Labute approximate surface area is 127 Å². The minimum absolute atomic E-state index is 0.0907. The van der Waals surface area contributed by atoms with Crippen molar-refractivity contribution in [3.8, 4) is 0 Å². The highest BCUT2D eigenvalue weighted by atomic mass is 16.2. The molecule has 0 aromatic heterocycles. The van der Waals surface area contributed by atoms with Crippen molar-refractivity contribution in [2.24, 2.45) is 0 Å². The molecule has 1 aliphatic rings. The lowest BCUT2D eigenvalue weighted by Gasteiger charge is -2.31. The molecule has 4 heteroatoms. The molecule has 0 atom stereocenters. The molecule has 0 spiro atoms. The average Bonchev–Trinajstić information content (AvgIpc) is 2.43. The zero-order valence-corrected chi connectivity index (χ0v) is 13.6. The van der Waals surface area contributed by atoms with Gasteiger partial charge in [-0.25, -0.2) is 0 Å². The predicted octanol–water partition coefficient (Wildman–Crippen LogP) is 2.23. The average molecular weight is 289 g/mol. The van der Waals surface area contributed by atoms with Crippen LogP contribution in [-0.4, -0.2) is 43.5 Å². The van der Waals surface area contributed by atoms with Crippen molar-refractivity contribution in [1.82, 2.24) is 10.2 Å². The second-order valence-corrected chi connectivity index (χ2v) is 6.16. The molecular weight excluding hydrogens is 262 g/mol. The molecule has 1 aromatic carbocycles. The summed E-state index contributed by atoms with van der Waals surface area (Å²) in [6.45, 7) is 8.65. The molecule has 2 rings (SSSR count). The summed E-state index contributed by atoms with van der Waals surface area (Å²) < 4.78 is 0. The van der Waals surface area contributed by atoms with Gasteiger partial charge in [-0.2, -0.15) is 0 Å². The third-order valence-electron chi connectivity index (χ3n) is 4.30. The van der Waals surface area contributed by atoms with E-state index in [-0.39, 0.29) is 5.91 Å². The zero-order chi connectivity index (χ0) is 15.4. The number of hydrogen-bond acceptors (Lipinski definition) is 3. The fourth-order valence-electron chi connectivity index (χ4n) is 3.14. The smallest absolute Gasteiger partial charge is 0.238 e. The number of anilines is 1. The summed E-state index contributed by atoms with van der Waals surface area (Å²) in [5, 5.41) is 6.39. The highest BCUT2D eigenvalue weighted by Gasteiger charge is 2.20. The fraction of sp³-hybridized carbons (Fsp3) is 0.588. The lowest BCUT2D eigenvalue weighted by Crippen LogP contribution is -2.44. The van der Waals surface area contributed by atoms with Crippen molar-refractivity contribution in [3.05, 3.63) is 28.8 Å². The summed E-state index contributed by atoms with van der Waals surface area (Å²) in [6.07, 6.45) is 2.23. The van der Waals surface area contributed by atoms with E-state index in [4.69, 9.17) is 0 Å². The number of piperidine rings is 1. The monoisotopic (exact) mass is 289 g/mol. The third kappa shape index (κ3) is 4.29. The van der Waals surface area contributed by atoms with E-state index in [1.165, 1.54) is 5.56 Å². The first-order valence-electron chi connectivity index (χ1n) is 7.77. The lowest BCUT2D eigenvalue weighted by molar-refractivity contribution is -0.117. The number of likely N-dealkylation sites (tertiary alicyclic amines) is 1. The Bertz CT molecular complexity index is 482. The Hall–Kier alpha value is -1.39. The van der Waals surface area contributed by atoms with Crippen molar-refractivity contribution in [1.29, 1.82) is 0 Å². The number of amides is 1. The van der Waals surface area contributed by atoms with Crippen LogP contribution in [0.1, 0.15) is 29.5 Å². The van der Waals surface area contributed by atoms with Gasteiger partial charge in [0.2, 0.25) is 5.91 Å². The van der Waals surface area contributed by atoms with Crippen molar-refractivity contribution in [3.63, 3.8) is 0 Å². The van der Waals surface area contributed by atoms with Crippen molar-refractivity contribution < 1.29 is 4.79 Å². The van der Waals surface area contributed by atoms with Gasteiger partial charge in [0.05, 0.1) is 6.54 Å². The molecule has 116 valence electrons. The number of rotatable bonds is 4. The zero-order valence-electron chi connectivity index (χ0n) is 13.6. The first kappa shape index (κ1) is 16.0. The highest BCUT2D eigenvalue weighted by molar-refractivity contribution is 5.93. The summed E-state index contributed by atoms with van der Waals surface area (Å²) in [5.74, 6) is 0.0907. The van der Waals surface area contributed by atoms with Crippen LogP contribution in [0.4, 0.5) is 5.69 Å². The van der Waals surface area contributed by atoms with Crippen LogP contribution in [0.2, 0.25) is 0 Å². The second kappa shape index (κ2) is 7.05. The second-order valence-electron chi connectivity index (χ2n) is 6.16. The summed E-state index contributed by atoms with van der Waals surface area (Å²) >= 11 is 0. The molecule has 1 heterocycles. The molecule has 1 saturated heterocycles. The van der Waals surface area contributed by atoms with Gasteiger partial charge in [0.15, 0.2) is 0 Å². The van der Waals surface area contributed by atoms with E-state index in [1.807, 2.05) is 20.9 Å². The van der Waals surface area contributed by atoms with Gasteiger partial charge in [-0.05, 0) is 51.8 Å². The van der Waals surface area contributed by atoms with Gasteiger partial charge in [0.25, 0.3) is 0 Å². The van der Waals surface area contributed by atoms with Crippen LogP contribution >= 0.6 is 0 Å². The number of hydrogen-bond donors (Lipinski definition) is 2. The summed E-state index contributed by atoms with van der Waals surface area (Å²) in [7, 11) is 2.01. The van der Waals surface area contributed by atoms with Gasteiger partial charge in [0.1, 0.15) is 0 Å². The molecule has 1 amide bonds. The number of aryl methyl sites for hydroxylation is 3. The van der Waals surface area contributed by atoms with Gasteiger partial charge < -0.3 is 10.6 Å². The number of carbonyl (C=O) groups excluding carboxylic acids is 1. The maximum absolute atomic E-state index is 12.3. The number of nitrogens with zero attached hydrogens (tertiary/aromatic N) is 1. The Kier molecular flexibility index (Phi) is 5.37. The van der Waals surface area contributed by atoms with Gasteiger partial charge in [-0.3, -0.25) is 9.69 Å². The number of nitrogens with one attached hydrogen (secondary N) is 2. The van der Waals surface area contributed by atoms with E-state index >= 15 is 0 Å². The Morgan fingerprint density at radius 3 is 2.29 bits per heavy atom. The maximum atomic E-state index is 12.3. The van der Waals surface area contributed by atoms with Gasteiger partial charge in [-0.15, -0.1) is 0 Å². The largest absolute Gasteiger partial charge is 0.324 e. The van der Waals surface area contributed by atoms with Crippen LogP contribution < -0.4 is 10.6 Å². The molecule has 1 aliphatic heterocycles. The molecule has 0 radical (unpaired) electrons. The fourth-order valence-corrected chi connectivity index (χ4v) is 3.14. The molecule has 21 heavy (non-hydrogen) atoms. The SMILES string of the molecule is CNC1CCN(CC(=O)Nc2c(C)cc(C)cc2C)CC1. The number of carbonyl (C=O) groups is 1. The highest BCUT2D eigenvalue weighted by Crippen LogP contribution is 2.22. The first-order chi connectivity index (χ1) is 9.99. The molecule has 0 saturated carbocycles. The van der Waals surface area contributed by atoms with E-state index in [9.17, 15) is 4.79 Å². The van der Waals surface area contributed by atoms with Crippen molar-refractivity contribution in [2.75, 3.05) is 32.0 Å². The first-order valence-corrected chi connectivity index (χ1v) is 7.77. The normalized spacial score (nSPS) is 17.0. The Morgan fingerprint density at radius 2 is 1.76 bits per heavy atom. The van der Waals surface area contributed by atoms with Crippen LogP contribution in [0.25, 0.3) is 0 Å². The Balaban J connectivity index is 1.91. The molecule has 1 aromatic rings.